The van der Waals surface area contributed by atoms with Gasteiger partial charge in [0.25, 0.3) is 5.91 Å². The summed E-state index contributed by atoms with van der Waals surface area (Å²) in [6.45, 7) is 8.77. The van der Waals surface area contributed by atoms with Crippen molar-refractivity contribution in [2.45, 2.75) is 64.0 Å². The molecule has 0 N–H and O–H groups in total. The largest absolute Gasteiger partial charge is 0.337 e. The summed E-state index contributed by atoms with van der Waals surface area (Å²) < 4.78 is 2.03. The Hall–Kier alpha value is -1.62. The fourth-order valence-corrected chi connectivity index (χ4v) is 4.78. The smallest absolute Gasteiger partial charge is 0.274 e. The zero-order valence-electron chi connectivity index (χ0n) is 15.3. The summed E-state index contributed by atoms with van der Waals surface area (Å²) >= 11 is 0. The maximum atomic E-state index is 13.1. The molecule has 1 unspecified atom stereocenters. The van der Waals surface area contributed by atoms with Crippen LogP contribution in [0.25, 0.3) is 0 Å². The minimum atomic E-state index is 0.154. The molecule has 1 atom stereocenters. The number of carbonyl (C=O) groups excluding carboxylic acids is 1. The van der Waals surface area contributed by atoms with Gasteiger partial charge in [-0.2, -0.15) is 5.10 Å². The number of hydrogen-bond donors (Lipinski definition) is 0. The van der Waals surface area contributed by atoms with Crippen molar-refractivity contribution in [2.75, 3.05) is 26.2 Å². The van der Waals surface area contributed by atoms with Crippen LogP contribution < -0.4 is 0 Å². The van der Waals surface area contributed by atoms with E-state index in [4.69, 9.17) is 5.10 Å². The average Bonchev–Trinajstić information content (AvgIpc) is 3.30. The number of carbonyl (C=O) groups is 1. The second-order valence-corrected chi connectivity index (χ2v) is 7.74. The van der Waals surface area contributed by atoms with Gasteiger partial charge in [-0.15, -0.1) is 6.58 Å². The van der Waals surface area contributed by atoms with Crippen LogP contribution in [0.5, 0.6) is 0 Å². The SMILES string of the molecule is C=CCn1nc(C(=O)N2CCCCC2)c2c1CCC(N1CCCC1)C2. The van der Waals surface area contributed by atoms with Crippen molar-refractivity contribution in [3.05, 3.63) is 29.6 Å². The van der Waals surface area contributed by atoms with Gasteiger partial charge in [0, 0.05) is 30.4 Å². The summed E-state index contributed by atoms with van der Waals surface area (Å²) in [6, 6.07) is 0.587. The molecule has 1 aromatic rings. The van der Waals surface area contributed by atoms with Crippen LogP contribution in [0.15, 0.2) is 12.7 Å². The van der Waals surface area contributed by atoms with E-state index in [0.717, 1.165) is 44.5 Å². The van der Waals surface area contributed by atoms with Gasteiger partial charge in [0.15, 0.2) is 5.69 Å². The molecule has 0 saturated carbocycles. The molecule has 1 amide bonds. The first kappa shape index (κ1) is 16.8. The van der Waals surface area contributed by atoms with Crippen LogP contribution in [0.4, 0.5) is 0 Å². The normalized spacial score (nSPS) is 24.3. The summed E-state index contributed by atoms with van der Waals surface area (Å²) in [5, 5.41) is 4.75. The molecule has 2 saturated heterocycles. The Bertz CT molecular complexity index is 638. The second kappa shape index (κ2) is 7.32. The molecule has 136 valence electrons. The molecular weight excluding hydrogens is 312 g/mol. The first-order valence-corrected chi connectivity index (χ1v) is 10.0. The molecule has 2 aliphatic heterocycles. The number of amides is 1. The molecule has 3 heterocycles. The van der Waals surface area contributed by atoms with E-state index in [1.54, 1.807) is 0 Å². The maximum Gasteiger partial charge on any atom is 0.274 e. The Morgan fingerprint density at radius 1 is 1.12 bits per heavy atom. The van der Waals surface area contributed by atoms with Crippen molar-refractivity contribution in [3.8, 4) is 0 Å². The van der Waals surface area contributed by atoms with E-state index in [-0.39, 0.29) is 5.91 Å². The lowest BCUT2D eigenvalue weighted by Crippen LogP contribution is -2.39. The van der Waals surface area contributed by atoms with E-state index in [9.17, 15) is 4.79 Å². The lowest BCUT2D eigenvalue weighted by atomic mass is 9.90. The monoisotopic (exact) mass is 342 g/mol. The van der Waals surface area contributed by atoms with Crippen molar-refractivity contribution < 1.29 is 4.79 Å². The van der Waals surface area contributed by atoms with Gasteiger partial charge in [-0.25, -0.2) is 0 Å². The van der Waals surface area contributed by atoms with Gasteiger partial charge in [0.1, 0.15) is 0 Å². The Labute approximate surface area is 150 Å². The topological polar surface area (TPSA) is 41.4 Å². The van der Waals surface area contributed by atoms with Crippen molar-refractivity contribution in [2.24, 2.45) is 0 Å². The molecule has 4 rings (SSSR count). The van der Waals surface area contributed by atoms with Crippen molar-refractivity contribution in [1.82, 2.24) is 19.6 Å². The Balaban J connectivity index is 1.62. The van der Waals surface area contributed by atoms with Gasteiger partial charge in [-0.3, -0.25) is 9.48 Å². The van der Waals surface area contributed by atoms with Gasteiger partial charge in [0.2, 0.25) is 0 Å². The minimum Gasteiger partial charge on any atom is -0.337 e. The van der Waals surface area contributed by atoms with E-state index < -0.39 is 0 Å². The molecule has 2 fully saturated rings. The van der Waals surface area contributed by atoms with Gasteiger partial charge >= 0.3 is 0 Å². The van der Waals surface area contributed by atoms with E-state index >= 15 is 0 Å². The Morgan fingerprint density at radius 3 is 2.56 bits per heavy atom. The van der Waals surface area contributed by atoms with E-state index in [2.05, 4.69) is 11.5 Å². The highest BCUT2D eigenvalue weighted by molar-refractivity contribution is 5.94. The molecule has 0 aromatic carbocycles. The van der Waals surface area contributed by atoms with Gasteiger partial charge in [-0.1, -0.05) is 6.08 Å². The summed E-state index contributed by atoms with van der Waals surface area (Å²) in [7, 11) is 0. The average molecular weight is 342 g/mol. The maximum absolute atomic E-state index is 13.1. The molecule has 0 radical (unpaired) electrons. The predicted octanol–water partition coefficient (Wildman–Crippen LogP) is 2.65. The lowest BCUT2D eigenvalue weighted by molar-refractivity contribution is 0.0715. The fraction of sp³-hybridized carbons (Fsp3) is 0.700. The molecule has 3 aliphatic rings. The number of nitrogens with zero attached hydrogens (tertiary/aromatic N) is 4. The summed E-state index contributed by atoms with van der Waals surface area (Å²) in [6.07, 6.45) is 11.2. The molecule has 1 aliphatic carbocycles. The quantitative estimate of drug-likeness (QED) is 0.790. The van der Waals surface area contributed by atoms with Gasteiger partial charge in [-0.05, 0) is 64.5 Å². The first-order valence-electron chi connectivity index (χ1n) is 10.0. The van der Waals surface area contributed by atoms with Crippen LogP contribution >= 0.6 is 0 Å². The highest BCUT2D eigenvalue weighted by Crippen LogP contribution is 2.30. The molecule has 0 spiro atoms. The fourth-order valence-electron chi connectivity index (χ4n) is 4.78. The summed E-state index contributed by atoms with van der Waals surface area (Å²) in [4.78, 5) is 17.8. The molecule has 5 heteroatoms. The van der Waals surface area contributed by atoms with Crippen LogP contribution in [0, 0.1) is 0 Å². The van der Waals surface area contributed by atoms with Crippen LogP contribution in [0.3, 0.4) is 0 Å². The molecule has 5 nitrogen and oxygen atoms in total. The van der Waals surface area contributed by atoms with Gasteiger partial charge in [0.05, 0.1) is 6.54 Å². The Kier molecular flexibility index (Phi) is 4.93. The standard InChI is InChI=1S/C20H30N4O/c1-2-10-24-18-9-8-16(22-11-6-7-12-22)15-17(18)19(21-24)20(25)23-13-4-3-5-14-23/h2,16H,1,3-15H2. The summed E-state index contributed by atoms with van der Waals surface area (Å²) in [5.74, 6) is 0.154. The second-order valence-electron chi connectivity index (χ2n) is 7.74. The molecular formula is C20H30N4O. The number of hydrogen-bond acceptors (Lipinski definition) is 3. The van der Waals surface area contributed by atoms with E-state index in [1.807, 2.05) is 15.7 Å². The third-order valence-electron chi connectivity index (χ3n) is 6.13. The number of aromatic nitrogens is 2. The van der Waals surface area contributed by atoms with E-state index in [1.165, 1.54) is 50.0 Å². The van der Waals surface area contributed by atoms with Crippen molar-refractivity contribution >= 4 is 5.91 Å². The van der Waals surface area contributed by atoms with E-state index in [0.29, 0.717) is 12.6 Å². The highest BCUT2D eigenvalue weighted by Gasteiger charge is 2.33. The molecule has 1 aromatic heterocycles. The third kappa shape index (κ3) is 3.26. The minimum absolute atomic E-state index is 0.154. The van der Waals surface area contributed by atoms with Crippen LogP contribution in [-0.4, -0.2) is 57.7 Å². The van der Waals surface area contributed by atoms with Crippen LogP contribution in [-0.2, 0) is 19.4 Å². The van der Waals surface area contributed by atoms with Crippen molar-refractivity contribution in [1.29, 1.82) is 0 Å². The lowest BCUT2D eigenvalue weighted by Gasteiger charge is -2.32. The summed E-state index contributed by atoms with van der Waals surface area (Å²) in [5.41, 5.74) is 3.22. The number of fused-ring (bicyclic) bond motifs is 1. The molecule has 25 heavy (non-hydrogen) atoms. The molecule has 0 bridgehead atoms. The predicted molar refractivity (Wildman–Crippen MR) is 98.8 cm³/mol. The highest BCUT2D eigenvalue weighted by atomic mass is 16.2. The van der Waals surface area contributed by atoms with Crippen molar-refractivity contribution in [3.63, 3.8) is 0 Å². The number of likely N-dealkylation sites (tertiary alicyclic amines) is 2. The zero-order valence-corrected chi connectivity index (χ0v) is 15.3. The van der Waals surface area contributed by atoms with Crippen LogP contribution in [0.2, 0.25) is 0 Å². The zero-order chi connectivity index (χ0) is 17.2. The number of allylic oxidation sites excluding steroid dienone is 1. The Morgan fingerprint density at radius 2 is 1.84 bits per heavy atom. The first-order chi connectivity index (χ1) is 12.3. The third-order valence-corrected chi connectivity index (χ3v) is 6.13. The number of rotatable bonds is 4. The van der Waals surface area contributed by atoms with Crippen LogP contribution in [0.1, 0.15) is 60.3 Å². The van der Waals surface area contributed by atoms with Gasteiger partial charge < -0.3 is 9.80 Å². The number of piperidine rings is 1.